The normalized spacial score (nSPS) is 11.3. The molecule has 0 aliphatic heterocycles. The number of aromatic carboxylic acids is 1. The van der Waals surface area contributed by atoms with Gasteiger partial charge in [-0.2, -0.15) is 0 Å². The van der Waals surface area contributed by atoms with Crippen LogP contribution in [0.2, 0.25) is 0 Å². The fraction of sp³-hybridized carbons (Fsp3) is 0.154. The van der Waals surface area contributed by atoms with Gasteiger partial charge in [0.2, 0.25) is 0 Å². The van der Waals surface area contributed by atoms with Gasteiger partial charge in [-0.25, -0.2) is 23.2 Å². The summed E-state index contributed by atoms with van der Waals surface area (Å²) in [5.74, 6) is -0.882. The Morgan fingerprint density at radius 3 is 2.25 bits per heavy atom. The molecule has 0 saturated heterocycles. The van der Waals surface area contributed by atoms with Gasteiger partial charge in [0, 0.05) is 17.5 Å². The summed E-state index contributed by atoms with van der Waals surface area (Å²) in [6.07, 6.45) is 1.12. The number of nitrogens with zero attached hydrogens (tertiary/aromatic N) is 2. The first-order chi connectivity index (χ1) is 9.27. The largest absolute Gasteiger partial charge is 0.477 e. The summed E-state index contributed by atoms with van der Waals surface area (Å²) in [6.45, 7) is 1.67. The average Bonchev–Trinajstić information content (AvgIpc) is 2.37. The van der Waals surface area contributed by atoms with E-state index in [0.717, 1.165) is 6.26 Å². The summed E-state index contributed by atoms with van der Waals surface area (Å²) in [4.78, 5) is 19.2. The van der Waals surface area contributed by atoms with Crippen LogP contribution in [0.1, 0.15) is 16.2 Å². The number of benzene rings is 1. The van der Waals surface area contributed by atoms with Crippen molar-refractivity contribution in [2.45, 2.75) is 11.8 Å². The monoisotopic (exact) mass is 292 g/mol. The van der Waals surface area contributed by atoms with Crippen LogP contribution in [0, 0.1) is 6.92 Å². The van der Waals surface area contributed by atoms with Gasteiger partial charge in [0.1, 0.15) is 0 Å². The lowest BCUT2D eigenvalue weighted by Gasteiger charge is -2.04. The number of carboxylic acid groups (broad SMARTS) is 1. The summed E-state index contributed by atoms with van der Waals surface area (Å²) in [6, 6.07) is 7.36. The Balaban J connectivity index is 2.49. The quantitative estimate of drug-likeness (QED) is 0.921. The lowest BCUT2D eigenvalue weighted by atomic mass is 10.2. The molecule has 1 N–H and O–H groups in total. The van der Waals surface area contributed by atoms with Crippen molar-refractivity contribution in [2.24, 2.45) is 0 Å². The van der Waals surface area contributed by atoms with Gasteiger partial charge in [-0.05, 0) is 37.3 Å². The Labute approximate surface area is 116 Å². The van der Waals surface area contributed by atoms with Gasteiger partial charge in [0.15, 0.2) is 21.4 Å². The van der Waals surface area contributed by atoms with Crippen LogP contribution in [0.3, 0.4) is 0 Å². The molecule has 0 aliphatic rings. The molecule has 0 spiro atoms. The molecule has 0 amide bonds. The van der Waals surface area contributed by atoms with Crippen LogP contribution in [0.4, 0.5) is 0 Å². The molecule has 0 radical (unpaired) electrons. The van der Waals surface area contributed by atoms with Crippen LogP contribution in [-0.2, 0) is 9.84 Å². The smallest absolute Gasteiger partial charge is 0.354 e. The zero-order valence-corrected chi connectivity index (χ0v) is 11.7. The van der Waals surface area contributed by atoms with Crippen LogP contribution in [0.25, 0.3) is 11.4 Å². The minimum Gasteiger partial charge on any atom is -0.477 e. The highest BCUT2D eigenvalue weighted by molar-refractivity contribution is 7.90. The molecule has 20 heavy (non-hydrogen) atoms. The maximum Gasteiger partial charge on any atom is 0.354 e. The third-order valence-corrected chi connectivity index (χ3v) is 3.74. The molecule has 0 unspecified atom stereocenters. The van der Waals surface area contributed by atoms with E-state index in [2.05, 4.69) is 9.97 Å². The predicted molar refractivity (Wildman–Crippen MR) is 72.3 cm³/mol. The fourth-order valence-corrected chi connectivity index (χ4v) is 2.29. The second-order valence-electron chi connectivity index (χ2n) is 4.32. The highest BCUT2D eigenvalue weighted by Gasteiger charge is 2.11. The summed E-state index contributed by atoms with van der Waals surface area (Å²) in [5.41, 5.74) is 0.989. The van der Waals surface area contributed by atoms with Gasteiger partial charge in [-0.15, -0.1) is 0 Å². The van der Waals surface area contributed by atoms with Gasteiger partial charge in [0.25, 0.3) is 0 Å². The van der Waals surface area contributed by atoms with E-state index in [1.807, 2.05) is 0 Å². The Morgan fingerprint density at radius 1 is 1.15 bits per heavy atom. The number of carbonyl (C=O) groups is 1. The first-order valence-electron chi connectivity index (χ1n) is 5.67. The molecule has 104 valence electrons. The van der Waals surface area contributed by atoms with E-state index in [9.17, 15) is 13.2 Å². The Morgan fingerprint density at radius 2 is 1.75 bits per heavy atom. The van der Waals surface area contributed by atoms with E-state index in [0.29, 0.717) is 11.3 Å². The maximum absolute atomic E-state index is 11.4. The highest BCUT2D eigenvalue weighted by atomic mass is 32.2. The van der Waals surface area contributed by atoms with Gasteiger partial charge >= 0.3 is 5.97 Å². The van der Waals surface area contributed by atoms with E-state index in [1.54, 1.807) is 19.1 Å². The van der Waals surface area contributed by atoms with Crippen molar-refractivity contribution >= 4 is 15.8 Å². The summed E-state index contributed by atoms with van der Waals surface area (Å²) in [5, 5.41) is 8.96. The number of aryl methyl sites for hydroxylation is 1. The molecule has 0 saturated carbocycles. The maximum atomic E-state index is 11.4. The van der Waals surface area contributed by atoms with Crippen molar-refractivity contribution in [1.29, 1.82) is 0 Å². The zero-order chi connectivity index (χ0) is 14.9. The fourth-order valence-electron chi connectivity index (χ4n) is 1.66. The topological polar surface area (TPSA) is 97.2 Å². The van der Waals surface area contributed by atoms with Gasteiger partial charge < -0.3 is 5.11 Å². The number of hydrogen-bond acceptors (Lipinski definition) is 5. The minimum atomic E-state index is -3.27. The summed E-state index contributed by atoms with van der Waals surface area (Å²) < 4.78 is 22.7. The molecule has 6 nitrogen and oxygen atoms in total. The molecule has 1 aromatic carbocycles. The average molecular weight is 292 g/mol. The summed E-state index contributed by atoms with van der Waals surface area (Å²) in [7, 11) is -3.27. The molecule has 1 heterocycles. The number of sulfone groups is 1. The van der Waals surface area contributed by atoms with Crippen LogP contribution in [0.5, 0.6) is 0 Å². The molecule has 0 atom stereocenters. The Bertz CT molecular complexity index is 767. The van der Waals surface area contributed by atoms with Crippen molar-refractivity contribution in [3.63, 3.8) is 0 Å². The van der Waals surface area contributed by atoms with Crippen molar-refractivity contribution in [2.75, 3.05) is 6.26 Å². The number of aromatic nitrogens is 2. The van der Waals surface area contributed by atoms with Crippen molar-refractivity contribution in [3.05, 3.63) is 41.7 Å². The van der Waals surface area contributed by atoms with Crippen LogP contribution < -0.4 is 0 Å². The molecule has 0 bridgehead atoms. The minimum absolute atomic E-state index is 0.0975. The lowest BCUT2D eigenvalue weighted by molar-refractivity contribution is 0.0690. The van der Waals surface area contributed by atoms with Gasteiger partial charge in [-0.1, -0.05) is 0 Å². The van der Waals surface area contributed by atoms with Crippen molar-refractivity contribution in [3.8, 4) is 11.4 Å². The van der Waals surface area contributed by atoms with Crippen LogP contribution in [0.15, 0.2) is 35.2 Å². The zero-order valence-electron chi connectivity index (χ0n) is 10.9. The third kappa shape index (κ3) is 3.00. The molecule has 0 fully saturated rings. The number of rotatable bonds is 3. The predicted octanol–water partition coefficient (Wildman–Crippen LogP) is 1.55. The summed E-state index contributed by atoms with van der Waals surface area (Å²) >= 11 is 0. The molecular formula is C13H12N2O4S. The molecular weight excluding hydrogens is 280 g/mol. The van der Waals surface area contributed by atoms with E-state index in [1.165, 1.54) is 18.2 Å². The first kappa shape index (κ1) is 14.1. The number of hydrogen-bond donors (Lipinski definition) is 1. The van der Waals surface area contributed by atoms with Crippen LogP contribution >= 0.6 is 0 Å². The van der Waals surface area contributed by atoms with E-state index in [-0.39, 0.29) is 16.4 Å². The SMILES string of the molecule is Cc1cc(C(=O)O)nc(-c2ccc(S(C)(=O)=O)cc2)n1. The highest BCUT2D eigenvalue weighted by Crippen LogP contribution is 2.19. The first-order valence-corrected chi connectivity index (χ1v) is 7.56. The van der Waals surface area contributed by atoms with E-state index in [4.69, 9.17) is 5.11 Å². The van der Waals surface area contributed by atoms with Crippen molar-refractivity contribution < 1.29 is 18.3 Å². The standard InChI is InChI=1S/C13H12N2O4S/c1-8-7-11(13(16)17)15-12(14-8)9-3-5-10(6-4-9)20(2,18)19/h3-7H,1-2H3,(H,16,17). The third-order valence-electron chi connectivity index (χ3n) is 2.61. The number of carboxylic acids is 1. The van der Waals surface area contributed by atoms with Crippen molar-refractivity contribution in [1.82, 2.24) is 9.97 Å². The van der Waals surface area contributed by atoms with E-state index < -0.39 is 15.8 Å². The van der Waals surface area contributed by atoms with Gasteiger partial charge in [-0.3, -0.25) is 0 Å². The molecule has 0 aliphatic carbocycles. The Hall–Kier alpha value is -2.28. The molecule has 2 aromatic rings. The second kappa shape index (κ2) is 5.01. The van der Waals surface area contributed by atoms with Gasteiger partial charge in [0.05, 0.1) is 4.90 Å². The van der Waals surface area contributed by atoms with E-state index >= 15 is 0 Å². The van der Waals surface area contributed by atoms with Crippen LogP contribution in [-0.4, -0.2) is 35.7 Å². The lowest BCUT2D eigenvalue weighted by Crippen LogP contribution is -2.04. The molecule has 1 aromatic heterocycles. The molecule has 2 rings (SSSR count). The Kier molecular flexibility index (Phi) is 3.54. The second-order valence-corrected chi connectivity index (χ2v) is 6.34. The molecule has 7 heteroatoms.